The molecule has 0 radical (unpaired) electrons. The number of thioether (sulfide) groups is 1. The van der Waals surface area contributed by atoms with Crippen LogP contribution in [0.1, 0.15) is 30.5 Å². The predicted molar refractivity (Wildman–Crippen MR) is 134 cm³/mol. The van der Waals surface area contributed by atoms with Crippen molar-refractivity contribution in [3.63, 3.8) is 0 Å². The lowest BCUT2D eigenvalue weighted by atomic mass is 10.1. The van der Waals surface area contributed by atoms with E-state index in [2.05, 4.69) is 15.3 Å². The fourth-order valence-electron chi connectivity index (χ4n) is 3.73. The first-order valence-corrected chi connectivity index (χ1v) is 12.3. The molecule has 1 amide bonds. The van der Waals surface area contributed by atoms with Crippen LogP contribution in [0.2, 0.25) is 5.02 Å². The topological polar surface area (TPSA) is 69.0 Å². The second kappa shape index (κ2) is 10.8. The molecule has 0 spiro atoms. The fraction of sp³-hybridized carbons (Fsp3) is 0.240. The van der Waals surface area contributed by atoms with Gasteiger partial charge in [-0.05, 0) is 48.4 Å². The highest BCUT2D eigenvalue weighted by Crippen LogP contribution is 2.34. The van der Waals surface area contributed by atoms with E-state index in [1.807, 2.05) is 6.92 Å². The zero-order valence-electron chi connectivity index (χ0n) is 19.3. The number of nitrogens with one attached hydrogen (secondary N) is 1. The third-order valence-electron chi connectivity index (χ3n) is 5.46. The molecule has 0 unspecified atom stereocenters. The van der Waals surface area contributed by atoms with E-state index >= 15 is 0 Å². The molecule has 36 heavy (non-hydrogen) atoms. The van der Waals surface area contributed by atoms with Gasteiger partial charge in [-0.1, -0.05) is 48.5 Å². The van der Waals surface area contributed by atoms with Gasteiger partial charge in [0.25, 0.3) is 0 Å². The van der Waals surface area contributed by atoms with Crippen molar-refractivity contribution in [3.8, 4) is 5.75 Å². The number of nitrogens with zero attached hydrogens (tertiary/aromatic N) is 3. The molecule has 2 aromatic heterocycles. The minimum atomic E-state index is -4.42. The van der Waals surface area contributed by atoms with Gasteiger partial charge in [0.1, 0.15) is 17.3 Å². The van der Waals surface area contributed by atoms with Crippen molar-refractivity contribution in [2.75, 3.05) is 12.4 Å². The molecule has 0 fully saturated rings. The van der Waals surface area contributed by atoms with Crippen molar-refractivity contribution < 1.29 is 22.7 Å². The molecule has 6 nitrogen and oxygen atoms in total. The molecule has 0 bridgehead atoms. The highest BCUT2D eigenvalue weighted by atomic mass is 35.5. The van der Waals surface area contributed by atoms with E-state index in [4.69, 9.17) is 16.3 Å². The van der Waals surface area contributed by atoms with Crippen molar-refractivity contribution >= 4 is 46.1 Å². The lowest BCUT2D eigenvalue weighted by molar-refractivity contribution is -0.137. The number of hydrogen-bond donors (Lipinski definition) is 1. The monoisotopic (exact) mass is 534 g/mol. The highest BCUT2D eigenvalue weighted by Gasteiger charge is 2.30. The Morgan fingerprint density at radius 2 is 2.00 bits per heavy atom. The standard InChI is InChI=1S/C25H22ClF3N4O2S/c1-3-20(23(34)31-17-9-10-21(35-2)18(26)13-17)33-22-19(8-5-11-30-22)32-24(33)36-14-15-6-4-7-16(12-15)25(27,28)29/h4-13,20H,3,14H2,1-2H3,(H,31,34)/t20-/m0/s1. The van der Waals surface area contributed by atoms with Gasteiger partial charge in [0.15, 0.2) is 10.8 Å². The summed E-state index contributed by atoms with van der Waals surface area (Å²) in [5.41, 5.74) is 1.38. The van der Waals surface area contributed by atoms with E-state index in [-0.39, 0.29) is 11.7 Å². The van der Waals surface area contributed by atoms with Crippen molar-refractivity contribution in [3.05, 3.63) is 76.9 Å². The van der Waals surface area contributed by atoms with Gasteiger partial charge in [-0.2, -0.15) is 13.2 Å². The smallest absolute Gasteiger partial charge is 0.416 e. The molecule has 1 atom stereocenters. The lowest BCUT2D eigenvalue weighted by Gasteiger charge is -2.19. The fourth-order valence-corrected chi connectivity index (χ4v) is 4.98. The van der Waals surface area contributed by atoms with Crippen LogP contribution in [-0.2, 0) is 16.7 Å². The summed E-state index contributed by atoms with van der Waals surface area (Å²) in [6.45, 7) is 1.86. The molecule has 0 saturated carbocycles. The SMILES string of the molecule is CC[C@@H](C(=O)Nc1ccc(OC)c(Cl)c1)n1c(SCc2cccc(C(F)(F)F)c2)nc2cccnc21. The molecule has 0 aliphatic rings. The summed E-state index contributed by atoms with van der Waals surface area (Å²) in [5, 5.41) is 3.71. The number of methoxy groups -OCH3 is 1. The second-order valence-corrected chi connectivity index (χ2v) is 9.21. The molecule has 0 saturated heterocycles. The summed E-state index contributed by atoms with van der Waals surface area (Å²) in [4.78, 5) is 22.4. The highest BCUT2D eigenvalue weighted by molar-refractivity contribution is 7.98. The van der Waals surface area contributed by atoms with Gasteiger partial charge in [-0.15, -0.1) is 0 Å². The second-order valence-electron chi connectivity index (χ2n) is 7.86. The molecule has 4 aromatic rings. The van der Waals surface area contributed by atoms with Gasteiger partial charge in [0.2, 0.25) is 5.91 Å². The molecule has 1 N–H and O–H groups in total. The Balaban J connectivity index is 1.63. The van der Waals surface area contributed by atoms with E-state index in [0.717, 1.165) is 12.1 Å². The number of halogens is 4. The number of fused-ring (bicyclic) bond motifs is 1. The van der Waals surface area contributed by atoms with Crippen LogP contribution in [0, 0.1) is 0 Å². The van der Waals surface area contributed by atoms with Crippen LogP contribution < -0.4 is 10.1 Å². The van der Waals surface area contributed by atoms with Crippen molar-refractivity contribution in [2.45, 2.75) is 36.5 Å². The first kappa shape index (κ1) is 25.8. The Hall–Kier alpha value is -3.24. The first-order valence-electron chi connectivity index (χ1n) is 11.0. The Bertz CT molecular complexity index is 1390. The number of ether oxygens (including phenoxy) is 1. The molecule has 11 heteroatoms. The number of anilines is 1. The largest absolute Gasteiger partial charge is 0.495 e. The minimum absolute atomic E-state index is 0.235. The molecule has 2 aromatic carbocycles. The normalized spacial score (nSPS) is 12.5. The van der Waals surface area contributed by atoms with Crippen LogP contribution in [0.4, 0.5) is 18.9 Å². The third kappa shape index (κ3) is 5.60. The molecular weight excluding hydrogens is 513 g/mol. The molecule has 188 valence electrons. The maximum atomic E-state index is 13.3. The molecule has 4 rings (SSSR count). The number of benzene rings is 2. The van der Waals surface area contributed by atoms with Gasteiger partial charge >= 0.3 is 6.18 Å². The van der Waals surface area contributed by atoms with Crippen LogP contribution >= 0.6 is 23.4 Å². The van der Waals surface area contributed by atoms with E-state index in [1.54, 1.807) is 47.2 Å². The van der Waals surface area contributed by atoms with Crippen molar-refractivity contribution in [2.24, 2.45) is 0 Å². The Morgan fingerprint density at radius 1 is 1.19 bits per heavy atom. The van der Waals surface area contributed by atoms with Gasteiger partial charge < -0.3 is 10.1 Å². The van der Waals surface area contributed by atoms with E-state index in [0.29, 0.717) is 44.8 Å². The molecule has 0 aliphatic carbocycles. The molecular formula is C25H22ClF3N4O2S. The summed E-state index contributed by atoms with van der Waals surface area (Å²) in [6, 6.07) is 12.9. The number of carbonyl (C=O) groups is 1. The number of alkyl halides is 3. The van der Waals surface area contributed by atoms with Gasteiger partial charge in [0, 0.05) is 17.6 Å². The van der Waals surface area contributed by atoms with Crippen LogP contribution in [0.5, 0.6) is 5.75 Å². The number of imidazole rings is 1. The van der Waals surface area contributed by atoms with E-state index in [9.17, 15) is 18.0 Å². The van der Waals surface area contributed by atoms with Crippen LogP contribution in [0.15, 0.2) is 66.0 Å². The number of amides is 1. The Kier molecular flexibility index (Phi) is 7.75. The molecule has 2 heterocycles. The van der Waals surface area contributed by atoms with E-state index < -0.39 is 17.8 Å². The minimum Gasteiger partial charge on any atom is -0.495 e. The van der Waals surface area contributed by atoms with Crippen LogP contribution in [-0.4, -0.2) is 27.6 Å². The number of pyridine rings is 1. The quantitative estimate of drug-likeness (QED) is 0.247. The summed E-state index contributed by atoms with van der Waals surface area (Å²) in [7, 11) is 1.50. The van der Waals surface area contributed by atoms with Crippen LogP contribution in [0.25, 0.3) is 11.2 Å². The summed E-state index contributed by atoms with van der Waals surface area (Å²) in [6.07, 6.45) is -2.39. The predicted octanol–water partition coefficient (Wildman–Crippen LogP) is 6.99. The molecule has 0 aliphatic heterocycles. The zero-order valence-corrected chi connectivity index (χ0v) is 20.9. The maximum absolute atomic E-state index is 13.3. The average Bonchev–Trinajstić information content (AvgIpc) is 3.21. The maximum Gasteiger partial charge on any atom is 0.416 e. The van der Waals surface area contributed by atoms with Crippen molar-refractivity contribution in [1.82, 2.24) is 14.5 Å². The van der Waals surface area contributed by atoms with Gasteiger partial charge in [-0.25, -0.2) is 9.97 Å². The van der Waals surface area contributed by atoms with Gasteiger partial charge in [-0.3, -0.25) is 9.36 Å². The van der Waals surface area contributed by atoms with Gasteiger partial charge in [0.05, 0.1) is 17.7 Å². The third-order valence-corrected chi connectivity index (χ3v) is 6.78. The van der Waals surface area contributed by atoms with Crippen molar-refractivity contribution in [1.29, 1.82) is 0 Å². The van der Waals surface area contributed by atoms with Crippen LogP contribution in [0.3, 0.4) is 0 Å². The first-order chi connectivity index (χ1) is 17.2. The summed E-state index contributed by atoms with van der Waals surface area (Å²) >= 11 is 7.44. The Labute approximate surface area is 214 Å². The number of carbonyl (C=O) groups excluding carboxylic acids is 1. The average molecular weight is 535 g/mol. The number of rotatable bonds is 8. The number of aromatic nitrogens is 3. The summed E-state index contributed by atoms with van der Waals surface area (Å²) in [5.74, 6) is 0.420. The Morgan fingerprint density at radius 3 is 2.69 bits per heavy atom. The summed E-state index contributed by atoms with van der Waals surface area (Å²) < 4.78 is 46.3. The van der Waals surface area contributed by atoms with E-state index in [1.165, 1.54) is 24.9 Å². The lowest BCUT2D eigenvalue weighted by Crippen LogP contribution is -2.26. The number of hydrogen-bond acceptors (Lipinski definition) is 5. The zero-order chi connectivity index (χ0) is 25.9.